The summed E-state index contributed by atoms with van der Waals surface area (Å²) in [6, 6.07) is 11.1. The fraction of sp³-hybridized carbons (Fsp3) is 0.188. The maximum atomic E-state index is 11.5. The second kappa shape index (κ2) is 7.55. The van der Waals surface area contributed by atoms with E-state index in [4.69, 9.17) is 16.0 Å². The number of nitrogens with zero attached hydrogens (tertiary/aromatic N) is 3. The second-order valence-electron chi connectivity index (χ2n) is 4.94. The number of benzene rings is 1. The van der Waals surface area contributed by atoms with E-state index in [1.807, 2.05) is 28.8 Å². The van der Waals surface area contributed by atoms with Crippen molar-refractivity contribution in [3.63, 3.8) is 0 Å². The molecule has 3 rings (SSSR count). The molecular weight excluding hydrogens is 348 g/mol. The predicted octanol–water partition coefficient (Wildman–Crippen LogP) is 3.08. The summed E-state index contributed by atoms with van der Waals surface area (Å²) in [7, 11) is 1.61. The molecule has 0 unspecified atom stereocenters. The molecule has 0 aliphatic carbocycles. The van der Waals surface area contributed by atoms with Crippen molar-refractivity contribution >= 4 is 29.3 Å². The number of nitrogens with one attached hydrogen (secondary N) is 1. The van der Waals surface area contributed by atoms with Crippen LogP contribution in [0, 0.1) is 0 Å². The Balaban J connectivity index is 1.93. The van der Waals surface area contributed by atoms with Crippen LogP contribution >= 0.6 is 23.4 Å². The monoisotopic (exact) mass is 362 g/mol. The second-order valence-corrected chi connectivity index (χ2v) is 6.32. The topological polar surface area (TPSA) is 73.0 Å². The lowest BCUT2D eigenvalue weighted by Gasteiger charge is -2.08. The van der Waals surface area contributed by atoms with Crippen molar-refractivity contribution in [2.45, 2.75) is 11.7 Å². The van der Waals surface area contributed by atoms with Crippen LogP contribution in [0.25, 0.3) is 11.4 Å². The van der Waals surface area contributed by atoms with Gasteiger partial charge in [0, 0.05) is 17.6 Å². The van der Waals surface area contributed by atoms with E-state index in [2.05, 4.69) is 15.5 Å². The van der Waals surface area contributed by atoms with E-state index in [1.54, 1.807) is 25.4 Å². The summed E-state index contributed by atoms with van der Waals surface area (Å²) in [5.74, 6) is 1.68. The lowest BCUT2D eigenvalue weighted by Crippen LogP contribution is -2.20. The van der Waals surface area contributed by atoms with Gasteiger partial charge >= 0.3 is 0 Å². The minimum Gasteiger partial charge on any atom is -0.467 e. The van der Waals surface area contributed by atoms with Gasteiger partial charge in [-0.1, -0.05) is 23.4 Å². The maximum Gasteiger partial charge on any atom is 0.230 e. The van der Waals surface area contributed by atoms with E-state index >= 15 is 0 Å². The van der Waals surface area contributed by atoms with E-state index in [-0.39, 0.29) is 11.7 Å². The number of furan rings is 1. The largest absolute Gasteiger partial charge is 0.467 e. The fourth-order valence-electron chi connectivity index (χ4n) is 2.11. The number of halogens is 1. The molecule has 24 heavy (non-hydrogen) atoms. The zero-order valence-corrected chi connectivity index (χ0v) is 14.5. The molecule has 0 saturated carbocycles. The molecule has 0 fully saturated rings. The first kappa shape index (κ1) is 16.6. The molecule has 0 bridgehead atoms. The molecule has 2 aromatic heterocycles. The average Bonchev–Trinajstić information content (AvgIpc) is 3.24. The van der Waals surface area contributed by atoms with Crippen molar-refractivity contribution in [1.29, 1.82) is 0 Å². The molecule has 6 nitrogen and oxygen atoms in total. The molecule has 1 aromatic carbocycles. The first-order valence-electron chi connectivity index (χ1n) is 7.22. The third kappa shape index (κ3) is 3.80. The number of aromatic nitrogens is 3. The first-order valence-corrected chi connectivity index (χ1v) is 8.58. The Morgan fingerprint density at radius 3 is 2.75 bits per heavy atom. The fourth-order valence-corrected chi connectivity index (χ4v) is 3.05. The molecule has 1 amide bonds. The lowest BCUT2D eigenvalue weighted by atomic mass is 10.2. The van der Waals surface area contributed by atoms with Gasteiger partial charge in [-0.2, -0.15) is 0 Å². The molecule has 124 valence electrons. The molecular formula is C16H15ClN4O2S. The quantitative estimate of drug-likeness (QED) is 0.682. The molecule has 8 heteroatoms. The van der Waals surface area contributed by atoms with Crippen LogP contribution in [-0.2, 0) is 11.3 Å². The van der Waals surface area contributed by atoms with E-state index in [9.17, 15) is 4.79 Å². The predicted molar refractivity (Wildman–Crippen MR) is 93.1 cm³/mol. The maximum absolute atomic E-state index is 11.5. The van der Waals surface area contributed by atoms with Crippen molar-refractivity contribution in [1.82, 2.24) is 20.1 Å². The highest BCUT2D eigenvalue weighted by atomic mass is 35.5. The SMILES string of the molecule is CNC(=O)CSc1nnc(-c2ccc(Cl)cc2)n1Cc1ccco1. The molecule has 3 aromatic rings. The van der Waals surface area contributed by atoms with Crippen LogP contribution < -0.4 is 5.32 Å². The van der Waals surface area contributed by atoms with Crippen LogP contribution in [0.5, 0.6) is 0 Å². The number of amides is 1. The Bertz CT molecular complexity index is 815. The van der Waals surface area contributed by atoms with E-state index < -0.39 is 0 Å². The first-order chi connectivity index (χ1) is 11.7. The third-order valence-corrected chi connectivity index (χ3v) is 4.54. The summed E-state index contributed by atoms with van der Waals surface area (Å²) in [6.07, 6.45) is 1.62. The zero-order valence-electron chi connectivity index (χ0n) is 12.9. The van der Waals surface area contributed by atoms with Crippen molar-refractivity contribution in [2.75, 3.05) is 12.8 Å². The van der Waals surface area contributed by atoms with Gasteiger partial charge in [0.1, 0.15) is 5.76 Å². The van der Waals surface area contributed by atoms with E-state index in [0.717, 1.165) is 11.3 Å². The number of carbonyl (C=O) groups is 1. The number of thioether (sulfide) groups is 1. The summed E-state index contributed by atoms with van der Waals surface area (Å²) in [5, 5.41) is 12.4. The van der Waals surface area contributed by atoms with Gasteiger partial charge in [0.05, 0.1) is 18.6 Å². The van der Waals surface area contributed by atoms with Crippen LogP contribution in [0.3, 0.4) is 0 Å². The van der Waals surface area contributed by atoms with Gasteiger partial charge < -0.3 is 9.73 Å². The standard InChI is InChI=1S/C16H15ClN4O2S/c1-18-14(22)10-24-16-20-19-15(11-4-6-12(17)7-5-11)21(16)9-13-3-2-8-23-13/h2-8H,9-10H2,1H3,(H,18,22). The van der Waals surface area contributed by atoms with Crippen LogP contribution in [0.2, 0.25) is 5.02 Å². The number of hydrogen-bond acceptors (Lipinski definition) is 5. The summed E-state index contributed by atoms with van der Waals surface area (Å²) in [4.78, 5) is 11.5. The molecule has 2 heterocycles. The Morgan fingerprint density at radius 2 is 2.08 bits per heavy atom. The highest BCUT2D eigenvalue weighted by molar-refractivity contribution is 7.99. The van der Waals surface area contributed by atoms with Gasteiger partial charge in [0.25, 0.3) is 0 Å². The van der Waals surface area contributed by atoms with Gasteiger partial charge in [-0.05, 0) is 36.4 Å². The van der Waals surface area contributed by atoms with Crippen LogP contribution in [0.1, 0.15) is 5.76 Å². The summed E-state index contributed by atoms with van der Waals surface area (Å²) in [6.45, 7) is 0.480. The minimum atomic E-state index is -0.0689. The highest BCUT2D eigenvalue weighted by Gasteiger charge is 2.16. The van der Waals surface area contributed by atoms with Gasteiger partial charge in [-0.25, -0.2) is 0 Å². The number of hydrogen-bond donors (Lipinski definition) is 1. The molecule has 1 N–H and O–H groups in total. The van der Waals surface area contributed by atoms with Crippen molar-refractivity contribution in [3.05, 3.63) is 53.4 Å². The average molecular weight is 363 g/mol. The van der Waals surface area contributed by atoms with Crippen LogP contribution in [-0.4, -0.2) is 33.5 Å². The number of carbonyl (C=O) groups excluding carboxylic acids is 1. The molecule has 0 aliphatic heterocycles. The summed E-state index contributed by atoms with van der Waals surface area (Å²) >= 11 is 7.28. The van der Waals surface area contributed by atoms with Gasteiger partial charge in [-0.15, -0.1) is 10.2 Å². The van der Waals surface area contributed by atoms with Crippen molar-refractivity contribution in [2.24, 2.45) is 0 Å². The molecule has 0 aliphatic rings. The van der Waals surface area contributed by atoms with E-state index in [1.165, 1.54) is 11.8 Å². The smallest absolute Gasteiger partial charge is 0.230 e. The summed E-state index contributed by atoms with van der Waals surface area (Å²) < 4.78 is 7.36. The molecule has 0 radical (unpaired) electrons. The van der Waals surface area contributed by atoms with Gasteiger partial charge in [0.2, 0.25) is 5.91 Å². The van der Waals surface area contributed by atoms with Crippen LogP contribution in [0.4, 0.5) is 0 Å². The Morgan fingerprint density at radius 1 is 1.29 bits per heavy atom. The molecule has 0 spiro atoms. The molecule has 0 saturated heterocycles. The summed E-state index contributed by atoms with van der Waals surface area (Å²) in [5.41, 5.74) is 0.894. The van der Waals surface area contributed by atoms with Crippen molar-refractivity contribution < 1.29 is 9.21 Å². The Labute approximate surface area is 148 Å². The third-order valence-electron chi connectivity index (χ3n) is 3.32. The van der Waals surface area contributed by atoms with Crippen molar-refractivity contribution in [3.8, 4) is 11.4 Å². The number of rotatable bonds is 6. The molecule has 0 atom stereocenters. The van der Waals surface area contributed by atoms with Gasteiger partial charge in [-0.3, -0.25) is 9.36 Å². The Kier molecular flexibility index (Phi) is 5.22. The van der Waals surface area contributed by atoms with Gasteiger partial charge in [0.15, 0.2) is 11.0 Å². The zero-order chi connectivity index (χ0) is 16.9. The minimum absolute atomic E-state index is 0.0689. The van der Waals surface area contributed by atoms with Crippen LogP contribution in [0.15, 0.2) is 52.2 Å². The van der Waals surface area contributed by atoms with E-state index in [0.29, 0.717) is 22.5 Å². The highest BCUT2D eigenvalue weighted by Crippen LogP contribution is 2.26. The lowest BCUT2D eigenvalue weighted by molar-refractivity contribution is -0.118. The normalized spacial score (nSPS) is 10.8. The Hall–Kier alpha value is -2.25.